The van der Waals surface area contributed by atoms with Gasteiger partial charge in [0, 0.05) is 37.8 Å². The van der Waals surface area contributed by atoms with Crippen molar-refractivity contribution in [3.8, 4) is 0 Å². The molecule has 25 heavy (non-hydrogen) atoms. The minimum Gasteiger partial charge on any atom is -0.379 e. The number of nitrogens with zero attached hydrogens (tertiary/aromatic N) is 3. The molecule has 6 heteroatoms. The van der Waals surface area contributed by atoms with E-state index in [-0.39, 0.29) is 11.9 Å². The summed E-state index contributed by atoms with van der Waals surface area (Å²) in [5.74, 6) is 1.06. The summed E-state index contributed by atoms with van der Waals surface area (Å²) < 4.78 is 7.59. The SMILES string of the molecule is CCCn1c(C)nc2cc(NC(=O)CC(C)N3CCOCC3)ccc21. The minimum atomic E-state index is 0.0445. The lowest BCUT2D eigenvalue weighted by Gasteiger charge is -2.31. The lowest BCUT2D eigenvalue weighted by Crippen LogP contribution is -2.43. The van der Waals surface area contributed by atoms with E-state index in [1.165, 1.54) is 0 Å². The van der Waals surface area contributed by atoms with Gasteiger partial charge in [-0.15, -0.1) is 0 Å². The van der Waals surface area contributed by atoms with Crippen molar-refractivity contribution >= 4 is 22.6 Å². The Morgan fingerprint density at radius 3 is 2.84 bits per heavy atom. The molecule has 1 amide bonds. The summed E-state index contributed by atoms with van der Waals surface area (Å²) in [6.07, 6.45) is 1.56. The Balaban J connectivity index is 1.64. The van der Waals surface area contributed by atoms with Crippen LogP contribution in [-0.2, 0) is 16.1 Å². The largest absolute Gasteiger partial charge is 0.379 e. The molecule has 2 heterocycles. The van der Waals surface area contributed by atoms with Crippen molar-refractivity contribution in [2.75, 3.05) is 31.6 Å². The molecule has 1 unspecified atom stereocenters. The molecule has 2 aromatic rings. The van der Waals surface area contributed by atoms with Crippen molar-refractivity contribution in [3.63, 3.8) is 0 Å². The highest BCUT2D eigenvalue weighted by Gasteiger charge is 2.19. The maximum atomic E-state index is 12.4. The average Bonchev–Trinajstić information content (AvgIpc) is 2.91. The first kappa shape index (κ1) is 17.9. The molecular formula is C19H28N4O2. The van der Waals surface area contributed by atoms with Crippen LogP contribution in [0.15, 0.2) is 18.2 Å². The van der Waals surface area contributed by atoms with E-state index in [1.54, 1.807) is 0 Å². The summed E-state index contributed by atoms with van der Waals surface area (Å²) in [4.78, 5) is 19.3. The first-order valence-electron chi connectivity index (χ1n) is 9.17. The number of anilines is 1. The van der Waals surface area contributed by atoms with Crippen molar-refractivity contribution in [1.29, 1.82) is 0 Å². The van der Waals surface area contributed by atoms with Crippen LogP contribution in [0.25, 0.3) is 11.0 Å². The molecule has 1 atom stereocenters. The normalized spacial score (nSPS) is 16.9. The molecule has 0 bridgehead atoms. The second-order valence-corrected chi connectivity index (χ2v) is 6.76. The van der Waals surface area contributed by atoms with Crippen LogP contribution in [0.2, 0.25) is 0 Å². The van der Waals surface area contributed by atoms with Gasteiger partial charge in [0.25, 0.3) is 0 Å². The van der Waals surface area contributed by atoms with E-state index in [4.69, 9.17) is 4.74 Å². The molecule has 1 aromatic carbocycles. The monoisotopic (exact) mass is 344 g/mol. The van der Waals surface area contributed by atoms with E-state index in [0.29, 0.717) is 6.42 Å². The molecular weight excluding hydrogens is 316 g/mol. The standard InChI is InChI=1S/C19H28N4O2/c1-4-7-23-15(3)20-17-13-16(5-6-18(17)23)21-19(24)12-14(2)22-8-10-25-11-9-22/h5-6,13-14H,4,7-12H2,1-3H3,(H,21,24). The van der Waals surface area contributed by atoms with Gasteiger partial charge in [0.15, 0.2) is 0 Å². The van der Waals surface area contributed by atoms with Crippen molar-refractivity contribution in [2.45, 2.75) is 46.2 Å². The van der Waals surface area contributed by atoms with E-state index in [1.807, 2.05) is 25.1 Å². The number of morpholine rings is 1. The molecule has 3 rings (SSSR count). The van der Waals surface area contributed by atoms with Gasteiger partial charge in [-0.3, -0.25) is 9.69 Å². The van der Waals surface area contributed by atoms with Gasteiger partial charge in [0.2, 0.25) is 5.91 Å². The van der Waals surface area contributed by atoms with Gasteiger partial charge in [-0.2, -0.15) is 0 Å². The average molecular weight is 344 g/mol. The van der Waals surface area contributed by atoms with Crippen molar-refractivity contribution in [3.05, 3.63) is 24.0 Å². The van der Waals surface area contributed by atoms with Gasteiger partial charge < -0.3 is 14.6 Å². The maximum Gasteiger partial charge on any atom is 0.225 e. The van der Waals surface area contributed by atoms with Crippen LogP contribution in [0.4, 0.5) is 5.69 Å². The van der Waals surface area contributed by atoms with Gasteiger partial charge in [-0.05, 0) is 38.5 Å². The second-order valence-electron chi connectivity index (χ2n) is 6.76. The van der Waals surface area contributed by atoms with Gasteiger partial charge in [0.1, 0.15) is 5.82 Å². The zero-order valence-corrected chi connectivity index (χ0v) is 15.4. The number of aryl methyl sites for hydroxylation is 2. The summed E-state index contributed by atoms with van der Waals surface area (Å²) in [5, 5.41) is 3.02. The van der Waals surface area contributed by atoms with Crippen LogP contribution in [0.5, 0.6) is 0 Å². The predicted octanol–water partition coefficient (Wildman–Crippen LogP) is 2.80. The quantitative estimate of drug-likeness (QED) is 0.875. The lowest BCUT2D eigenvalue weighted by atomic mass is 10.1. The van der Waals surface area contributed by atoms with Crippen molar-refractivity contribution in [2.24, 2.45) is 0 Å². The number of imidazole rings is 1. The Morgan fingerprint density at radius 1 is 1.36 bits per heavy atom. The van der Waals surface area contributed by atoms with E-state index in [9.17, 15) is 4.79 Å². The van der Waals surface area contributed by atoms with Crippen molar-refractivity contribution in [1.82, 2.24) is 14.5 Å². The summed E-state index contributed by atoms with van der Waals surface area (Å²) in [6, 6.07) is 6.20. The molecule has 0 aliphatic carbocycles. The Kier molecular flexibility index (Phi) is 5.71. The molecule has 136 valence electrons. The molecule has 1 fully saturated rings. The highest BCUT2D eigenvalue weighted by atomic mass is 16.5. The first-order chi connectivity index (χ1) is 12.1. The van der Waals surface area contributed by atoms with Crippen LogP contribution in [-0.4, -0.2) is 52.7 Å². The topological polar surface area (TPSA) is 59.4 Å². The summed E-state index contributed by atoms with van der Waals surface area (Å²) in [7, 11) is 0. The molecule has 1 aliphatic heterocycles. The first-order valence-corrected chi connectivity index (χ1v) is 9.17. The zero-order valence-electron chi connectivity index (χ0n) is 15.4. The number of nitrogens with one attached hydrogen (secondary N) is 1. The Hall–Kier alpha value is -1.92. The highest BCUT2D eigenvalue weighted by molar-refractivity contribution is 5.93. The van der Waals surface area contributed by atoms with Gasteiger partial charge in [-0.25, -0.2) is 4.98 Å². The molecule has 1 aliphatic rings. The highest BCUT2D eigenvalue weighted by Crippen LogP contribution is 2.21. The summed E-state index contributed by atoms with van der Waals surface area (Å²) >= 11 is 0. The number of carbonyl (C=O) groups is 1. The third-order valence-corrected chi connectivity index (χ3v) is 4.82. The smallest absolute Gasteiger partial charge is 0.225 e. The van der Waals surface area contributed by atoms with Gasteiger partial charge >= 0.3 is 0 Å². The third kappa shape index (κ3) is 4.19. The molecule has 1 aromatic heterocycles. The van der Waals surface area contributed by atoms with Crippen LogP contribution in [0, 0.1) is 6.92 Å². The molecule has 0 saturated carbocycles. The number of hydrogen-bond acceptors (Lipinski definition) is 4. The molecule has 0 radical (unpaired) electrons. The van der Waals surface area contributed by atoms with E-state index in [2.05, 4.69) is 33.6 Å². The van der Waals surface area contributed by atoms with Crippen molar-refractivity contribution < 1.29 is 9.53 Å². The Bertz CT molecular complexity index is 734. The fourth-order valence-corrected chi connectivity index (χ4v) is 3.46. The Morgan fingerprint density at radius 2 is 2.12 bits per heavy atom. The number of aromatic nitrogens is 2. The number of hydrogen-bond donors (Lipinski definition) is 1. The number of carbonyl (C=O) groups excluding carboxylic acids is 1. The Labute approximate surface area is 149 Å². The minimum absolute atomic E-state index is 0.0445. The number of ether oxygens (including phenoxy) is 1. The lowest BCUT2D eigenvalue weighted by molar-refractivity contribution is -0.117. The van der Waals surface area contributed by atoms with Crippen LogP contribution in [0.3, 0.4) is 0 Å². The number of benzene rings is 1. The number of amides is 1. The number of fused-ring (bicyclic) bond motifs is 1. The fourth-order valence-electron chi connectivity index (χ4n) is 3.46. The third-order valence-electron chi connectivity index (χ3n) is 4.82. The summed E-state index contributed by atoms with van der Waals surface area (Å²) in [5.41, 5.74) is 2.87. The van der Waals surface area contributed by atoms with Crippen LogP contribution < -0.4 is 5.32 Å². The zero-order chi connectivity index (χ0) is 17.8. The summed E-state index contributed by atoms with van der Waals surface area (Å²) in [6.45, 7) is 10.6. The molecule has 1 saturated heterocycles. The fraction of sp³-hybridized carbons (Fsp3) is 0.579. The molecule has 6 nitrogen and oxygen atoms in total. The van der Waals surface area contributed by atoms with Crippen LogP contribution in [0.1, 0.15) is 32.5 Å². The van der Waals surface area contributed by atoms with E-state index >= 15 is 0 Å². The van der Waals surface area contributed by atoms with E-state index < -0.39 is 0 Å². The predicted molar refractivity (Wildman–Crippen MR) is 99.9 cm³/mol. The molecule has 1 N–H and O–H groups in total. The molecule has 0 spiro atoms. The van der Waals surface area contributed by atoms with E-state index in [0.717, 1.165) is 61.8 Å². The van der Waals surface area contributed by atoms with Gasteiger partial charge in [-0.1, -0.05) is 6.92 Å². The van der Waals surface area contributed by atoms with Crippen LogP contribution >= 0.6 is 0 Å². The van der Waals surface area contributed by atoms with Gasteiger partial charge in [0.05, 0.1) is 24.2 Å². The maximum absolute atomic E-state index is 12.4. The second kappa shape index (κ2) is 7.97. The number of rotatable bonds is 6.